The van der Waals surface area contributed by atoms with Gasteiger partial charge in [0, 0.05) is 24.6 Å². The first-order valence-corrected chi connectivity index (χ1v) is 9.51. The number of rotatable bonds is 8. The van der Waals surface area contributed by atoms with Crippen molar-refractivity contribution < 1.29 is 22.8 Å². The summed E-state index contributed by atoms with van der Waals surface area (Å²) in [4.78, 5) is 25.8. The van der Waals surface area contributed by atoms with Crippen molar-refractivity contribution in [2.45, 2.75) is 50.6 Å². The van der Waals surface area contributed by atoms with Gasteiger partial charge in [-0.3, -0.25) is 9.59 Å². The Bertz CT molecular complexity index is 880. The molecule has 154 valence electrons. The smallest absolute Gasteiger partial charge is 0.252 e. The molecule has 2 amide bonds. The van der Waals surface area contributed by atoms with Crippen molar-refractivity contribution in [3.05, 3.63) is 65.5 Å². The maximum Gasteiger partial charge on any atom is 0.252 e. The molecule has 0 aromatic heterocycles. The highest BCUT2D eigenvalue weighted by Gasteiger charge is 2.46. The van der Waals surface area contributed by atoms with Gasteiger partial charge in [-0.05, 0) is 49.1 Å². The highest BCUT2D eigenvalue weighted by atomic mass is 19.3. The van der Waals surface area contributed by atoms with Crippen LogP contribution < -0.4 is 10.2 Å². The van der Waals surface area contributed by atoms with E-state index in [2.05, 4.69) is 5.32 Å². The zero-order valence-corrected chi connectivity index (χ0v) is 16.1. The summed E-state index contributed by atoms with van der Waals surface area (Å²) in [6, 6.07) is 11.5. The molecule has 2 aromatic rings. The van der Waals surface area contributed by atoms with E-state index in [0.717, 1.165) is 16.0 Å². The molecule has 1 saturated carbocycles. The van der Waals surface area contributed by atoms with Gasteiger partial charge < -0.3 is 10.2 Å². The molecule has 1 N–H and O–H groups in total. The second-order valence-electron chi connectivity index (χ2n) is 7.44. The van der Waals surface area contributed by atoms with Crippen LogP contribution in [0, 0.1) is 12.7 Å². The minimum Gasteiger partial charge on any atom is -0.351 e. The van der Waals surface area contributed by atoms with Gasteiger partial charge in [-0.1, -0.05) is 30.3 Å². The molecule has 0 saturated heterocycles. The molecule has 1 atom stereocenters. The molecule has 2 aromatic carbocycles. The Hall–Kier alpha value is -2.83. The quantitative estimate of drug-likeness (QED) is 0.676. The first-order valence-electron chi connectivity index (χ1n) is 9.51. The number of hydrogen-bond acceptors (Lipinski definition) is 2. The van der Waals surface area contributed by atoms with Crippen LogP contribution >= 0.6 is 0 Å². The van der Waals surface area contributed by atoms with Crippen LogP contribution in [0.15, 0.2) is 48.5 Å². The van der Waals surface area contributed by atoms with Gasteiger partial charge in [-0.25, -0.2) is 13.2 Å². The third kappa shape index (κ3) is 5.16. The zero-order chi connectivity index (χ0) is 21.0. The lowest BCUT2D eigenvalue weighted by molar-refractivity contribution is -0.131. The van der Waals surface area contributed by atoms with Crippen molar-refractivity contribution in [1.82, 2.24) is 5.32 Å². The average Bonchev–Trinajstić information content (AvgIpc) is 2.64. The first-order chi connectivity index (χ1) is 13.8. The summed E-state index contributed by atoms with van der Waals surface area (Å²) in [5, 5.41) is 2.61. The summed E-state index contributed by atoms with van der Waals surface area (Å²) in [7, 11) is 0. The second kappa shape index (κ2) is 8.68. The van der Waals surface area contributed by atoms with Crippen LogP contribution in [0.4, 0.5) is 18.9 Å². The lowest BCUT2D eigenvalue weighted by atomic mass is 9.88. The van der Waals surface area contributed by atoms with E-state index in [1.807, 2.05) is 31.2 Å². The van der Waals surface area contributed by atoms with E-state index in [-0.39, 0.29) is 12.1 Å². The summed E-state index contributed by atoms with van der Waals surface area (Å²) in [6.45, 7) is 1.95. The van der Waals surface area contributed by atoms with Crippen LogP contribution in [0.3, 0.4) is 0 Å². The van der Waals surface area contributed by atoms with Crippen LogP contribution in [0.25, 0.3) is 0 Å². The van der Waals surface area contributed by atoms with E-state index in [1.54, 1.807) is 0 Å². The number of anilines is 1. The fourth-order valence-corrected chi connectivity index (χ4v) is 3.59. The van der Waals surface area contributed by atoms with Crippen molar-refractivity contribution in [1.29, 1.82) is 0 Å². The molecule has 0 bridgehead atoms. The van der Waals surface area contributed by atoms with Gasteiger partial charge >= 0.3 is 0 Å². The Balaban J connectivity index is 1.80. The molecule has 29 heavy (non-hydrogen) atoms. The number of alkyl halides is 2. The van der Waals surface area contributed by atoms with Gasteiger partial charge in [-0.15, -0.1) is 0 Å². The van der Waals surface area contributed by atoms with Crippen molar-refractivity contribution in [2.75, 3.05) is 4.90 Å². The van der Waals surface area contributed by atoms with Crippen LogP contribution in [0.5, 0.6) is 0 Å². The van der Waals surface area contributed by atoms with Gasteiger partial charge in [0.15, 0.2) is 0 Å². The summed E-state index contributed by atoms with van der Waals surface area (Å²) in [5.41, 5.74) is 2.31. The second-order valence-corrected chi connectivity index (χ2v) is 7.44. The number of amides is 2. The van der Waals surface area contributed by atoms with E-state index >= 15 is 0 Å². The Morgan fingerprint density at radius 1 is 1.24 bits per heavy atom. The molecule has 1 aliphatic rings. The van der Waals surface area contributed by atoms with Crippen molar-refractivity contribution >= 4 is 18.0 Å². The van der Waals surface area contributed by atoms with E-state index in [9.17, 15) is 22.8 Å². The topological polar surface area (TPSA) is 49.4 Å². The molecule has 1 unspecified atom stereocenters. The van der Waals surface area contributed by atoms with Gasteiger partial charge in [-0.2, -0.15) is 0 Å². The van der Waals surface area contributed by atoms with E-state index in [0.29, 0.717) is 12.8 Å². The number of nitrogens with zero attached hydrogens (tertiary/aromatic N) is 1. The Morgan fingerprint density at radius 3 is 2.59 bits per heavy atom. The van der Waals surface area contributed by atoms with E-state index in [4.69, 9.17) is 0 Å². The number of aryl methyl sites for hydroxylation is 2. The lowest BCUT2D eigenvalue weighted by Gasteiger charge is -2.37. The molecule has 0 spiro atoms. The van der Waals surface area contributed by atoms with Crippen molar-refractivity contribution in [3.63, 3.8) is 0 Å². The molecule has 0 radical (unpaired) electrons. The fourth-order valence-electron chi connectivity index (χ4n) is 3.59. The SMILES string of the molecule is Cc1ccccc1CCC(C(=O)NC1CC(F)(F)C1)N(C=O)c1cccc(F)c1. The lowest BCUT2D eigenvalue weighted by Crippen LogP contribution is -2.56. The number of benzene rings is 2. The summed E-state index contributed by atoms with van der Waals surface area (Å²) in [6.07, 6.45) is 0.432. The summed E-state index contributed by atoms with van der Waals surface area (Å²) >= 11 is 0. The first kappa shape index (κ1) is 20.9. The maximum atomic E-state index is 13.7. The van der Waals surface area contributed by atoms with Crippen LogP contribution in [-0.2, 0) is 16.0 Å². The fraction of sp³-hybridized carbons (Fsp3) is 0.364. The zero-order valence-electron chi connectivity index (χ0n) is 16.1. The average molecular weight is 404 g/mol. The monoisotopic (exact) mass is 404 g/mol. The number of carbonyl (C=O) groups is 2. The summed E-state index contributed by atoms with van der Waals surface area (Å²) < 4.78 is 39.9. The normalized spacial score (nSPS) is 16.6. The molecule has 0 aliphatic heterocycles. The number of carbonyl (C=O) groups excluding carboxylic acids is 2. The highest BCUT2D eigenvalue weighted by Crippen LogP contribution is 2.37. The molecule has 7 heteroatoms. The molecule has 3 rings (SSSR count). The number of halogens is 3. The third-order valence-electron chi connectivity index (χ3n) is 5.24. The van der Waals surface area contributed by atoms with Gasteiger partial charge in [0.2, 0.25) is 12.3 Å². The molecular formula is C22H23F3N2O2. The summed E-state index contributed by atoms with van der Waals surface area (Å²) in [5.74, 6) is -3.82. The third-order valence-corrected chi connectivity index (χ3v) is 5.24. The molecule has 1 fully saturated rings. The molecule has 0 heterocycles. The van der Waals surface area contributed by atoms with Gasteiger partial charge in [0.05, 0.1) is 0 Å². The molecular weight excluding hydrogens is 381 g/mol. The molecule has 4 nitrogen and oxygen atoms in total. The van der Waals surface area contributed by atoms with Gasteiger partial charge in [0.1, 0.15) is 11.9 Å². The van der Waals surface area contributed by atoms with Crippen LogP contribution in [-0.4, -0.2) is 30.3 Å². The highest BCUT2D eigenvalue weighted by molar-refractivity contribution is 5.92. The molecule has 1 aliphatic carbocycles. The van der Waals surface area contributed by atoms with E-state index in [1.165, 1.54) is 24.3 Å². The number of hydrogen-bond donors (Lipinski definition) is 1. The predicted octanol–water partition coefficient (Wildman–Crippen LogP) is 4.01. The largest absolute Gasteiger partial charge is 0.351 e. The van der Waals surface area contributed by atoms with Crippen molar-refractivity contribution in [2.24, 2.45) is 0 Å². The van der Waals surface area contributed by atoms with E-state index < -0.39 is 42.6 Å². The van der Waals surface area contributed by atoms with Crippen LogP contribution in [0.1, 0.15) is 30.4 Å². The standard InChI is InChI=1S/C22H23F3N2O2/c1-15-5-2-3-6-16(15)9-10-20(21(29)26-18-12-22(24,25)13-18)27(14-28)19-8-4-7-17(23)11-19/h2-8,11,14,18,20H,9-10,12-13H2,1H3,(H,26,29). The maximum absolute atomic E-state index is 13.7. The van der Waals surface area contributed by atoms with Gasteiger partial charge in [0.25, 0.3) is 5.92 Å². The number of nitrogens with one attached hydrogen (secondary N) is 1. The Kier molecular flexibility index (Phi) is 6.25. The Morgan fingerprint density at radius 2 is 1.97 bits per heavy atom. The van der Waals surface area contributed by atoms with Crippen LogP contribution in [0.2, 0.25) is 0 Å². The minimum absolute atomic E-state index is 0.240. The predicted molar refractivity (Wildman–Crippen MR) is 104 cm³/mol. The minimum atomic E-state index is -2.76. The Labute approximate surface area is 167 Å². The van der Waals surface area contributed by atoms with Crippen molar-refractivity contribution in [3.8, 4) is 0 Å².